The van der Waals surface area contributed by atoms with E-state index in [-0.39, 0.29) is 36.2 Å². The fourth-order valence-corrected chi connectivity index (χ4v) is 11.2. The van der Waals surface area contributed by atoms with Crippen LogP contribution in [0.15, 0.2) is 71.8 Å². The third-order valence-electron chi connectivity index (χ3n) is 13.6. The molecule has 2 aliphatic heterocycles. The molecule has 3 saturated carbocycles. The zero-order valence-corrected chi connectivity index (χ0v) is 36.2. The maximum absolute atomic E-state index is 15.6. The largest absolute Gasteiger partial charge is 0.509 e. The summed E-state index contributed by atoms with van der Waals surface area (Å²) < 4.78 is 48.9. The third kappa shape index (κ3) is 6.85. The number of hydrogen-bond donors (Lipinski definition) is 2. The highest BCUT2D eigenvalue weighted by atomic mass is 16.8. The molecule has 2 unspecified atom stereocenters. The van der Waals surface area contributed by atoms with Gasteiger partial charge in [-0.3, -0.25) is 14.4 Å². The molecule has 2 heterocycles. The maximum Gasteiger partial charge on any atom is 0.509 e. The monoisotopic (exact) mass is 873 g/mol. The van der Waals surface area contributed by atoms with Gasteiger partial charge < -0.3 is 48.3 Å². The van der Waals surface area contributed by atoms with E-state index in [9.17, 15) is 33.9 Å². The molecule has 0 radical (unpaired) electrons. The van der Waals surface area contributed by atoms with Crippen molar-refractivity contribution >= 4 is 41.9 Å². The van der Waals surface area contributed by atoms with Crippen LogP contribution < -0.4 is 5.32 Å². The summed E-state index contributed by atoms with van der Waals surface area (Å²) in [5, 5.41) is 14.4. The number of benzene rings is 2. The van der Waals surface area contributed by atoms with Crippen LogP contribution >= 0.6 is 0 Å². The second kappa shape index (κ2) is 15.2. The van der Waals surface area contributed by atoms with Crippen molar-refractivity contribution in [3.8, 4) is 0 Å². The van der Waals surface area contributed by atoms with Gasteiger partial charge in [0.05, 0.1) is 24.1 Å². The number of fused-ring (bicyclic) bond motifs is 3. The van der Waals surface area contributed by atoms with E-state index in [2.05, 4.69) is 5.32 Å². The van der Waals surface area contributed by atoms with Gasteiger partial charge in [0.2, 0.25) is 5.60 Å². The second-order valence-corrected chi connectivity index (χ2v) is 18.8. The Morgan fingerprint density at radius 3 is 2.14 bits per heavy atom. The molecule has 17 nitrogen and oxygen atoms in total. The van der Waals surface area contributed by atoms with Gasteiger partial charge in [0.25, 0.3) is 0 Å². The van der Waals surface area contributed by atoms with E-state index in [1.54, 1.807) is 83.1 Å². The van der Waals surface area contributed by atoms with Crippen molar-refractivity contribution in [1.82, 2.24) is 5.32 Å². The summed E-state index contributed by atoms with van der Waals surface area (Å²) in [5.41, 5.74) is -7.38. The molecule has 2 N–H and O–H groups in total. The van der Waals surface area contributed by atoms with Gasteiger partial charge in [-0.1, -0.05) is 62.4 Å². The minimum absolute atomic E-state index is 0.0729. The Hall–Kier alpha value is -5.81. The number of rotatable bonds is 9. The summed E-state index contributed by atoms with van der Waals surface area (Å²) in [4.78, 5) is 97.9. The van der Waals surface area contributed by atoms with Gasteiger partial charge in [0.1, 0.15) is 11.7 Å². The first-order chi connectivity index (χ1) is 29.6. The van der Waals surface area contributed by atoms with Crippen LogP contribution in [-0.4, -0.2) is 107 Å². The minimum atomic E-state index is -2.23. The Morgan fingerprint density at radius 1 is 0.905 bits per heavy atom. The fourth-order valence-electron chi connectivity index (χ4n) is 11.2. The van der Waals surface area contributed by atoms with Crippen molar-refractivity contribution < 1.29 is 76.6 Å². The molecule has 6 aliphatic rings. The molecule has 17 heteroatoms. The average Bonchev–Trinajstić information content (AvgIpc) is 3.82. The van der Waals surface area contributed by atoms with E-state index in [0.717, 1.165) is 6.92 Å². The molecule has 2 bridgehead atoms. The predicted octanol–water partition coefficient (Wildman–Crippen LogP) is 4.62. The number of Topliss-reactive ketones (excluding diaryl/α,β-unsaturated/α-hetero) is 1. The number of nitrogens with one attached hydrogen (secondary N) is 1. The fraction of sp³-hybridized carbons (Fsp3) is 0.543. The summed E-state index contributed by atoms with van der Waals surface area (Å²) in [6, 6.07) is 14.6. The van der Waals surface area contributed by atoms with Crippen LogP contribution in [0.3, 0.4) is 0 Å². The van der Waals surface area contributed by atoms with E-state index >= 15 is 4.79 Å². The number of ether oxygens (including phenoxy) is 8. The van der Waals surface area contributed by atoms with Crippen LogP contribution in [0.5, 0.6) is 0 Å². The smallest absolute Gasteiger partial charge is 0.454 e. The van der Waals surface area contributed by atoms with Gasteiger partial charge in [0, 0.05) is 24.7 Å². The molecule has 0 aromatic heterocycles. The molecule has 2 aromatic rings. The summed E-state index contributed by atoms with van der Waals surface area (Å²) >= 11 is 0. The topological polar surface area (TPSA) is 226 Å². The van der Waals surface area contributed by atoms with E-state index in [1.165, 1.54) is 26.0 Å². The Morgan fingerprint density at radius 2 is 1.56 bits per heavy atom. The Kier molecular flexibility index (Phi) is 10.6. The lowest BCUT2D eigenvalue weighted by atomic mass is 9.48. The van der Waals surface area contributed by atoms with E-state index < -0.39 is 124 Å². The first-order valence-electron chi connectivity index (χ1n) is 20.9. The number of aliphatic hydroxyl groups excluding tert-OH is 1. The Labute approximate surface area is 363 Å². The number of ketones is 1. The van der Waals surface area contributed by atoms with E-state index in [4.69, 9.17) is 37.9 Å². The molecule has 2 aromatic carbocycles. The summed E-state index contributed by atoms with van der Waals surface area (Å²) in [6.07, 6.45) is -11.4. The van der Waals surface area contributed by atoms with Crippen molar-refractivity contribution in [3.05, 3.63) is 82.9 Å². The van der Waals surface area contributed by atoms with Crippen LogP contribution in [0.25, 0.3) is 0 Å². The van der Waals surface area contributed by atoms with Crippen LogP contribution in [-0.2, 0) is 57.1 Å². The number of aliphatic hydroxyl groups is 1. The molecule has 2 spiro atoms. The number of hydrogen-bond acceptors (Lipinski definition) is 16. The number of carbonyl (C=O) groups excluding carboxylic acids is 7. The molecule has 4 aliphatic carbocycles. The molecule has 12 atom stereocenters. The highest BCUT2D eigenvalue weighted by molar-refractivity contribution is 5.98. The first kappa shape index (κ1) is 43.8. The SMILES string of the molecule is CC(=O)O[C@H]1C(=O)[C@]23C[C@H]2C[C@H]2OC[C@@]2(OC(C)=O)[C@H]3[C@H](OC(=O)c2ccccc2)C23OC(=O)OC2[C@H](OC(=O)[C@H](O)[C@@H](NC(=O)OC(C)(C)C)c2ccccc2)C(C)=C1C3(C)C. The molecule has 1 amide bonds. The maximum atomic E-state index is 15.6. The van der Waals surface area contributed by atoms with Crippen molar-refractivity contribution in [1.29, 1.82) is 0 Å². The Bertz CT molecular complexity index is 2290. The molecule has 63 heavy (non-hydrogen) atoms. The van der Waals surface area contributed by atoms with Gasteiger partial charge in [-0.15, -0.1) is 0 Å². The van der Waals surface area contributed by atoms with Gasteiger partial charge in [0.15, 0.2) is 41.9 Å². The Balaban J connectivity index is 1.32. The third-order valence-corrected chi connectivity index (χ3v) is 13.6. The van der Waals surface area contributed by atoms with E-state index in [0.29, 0.717) is 5.56 Å². The number of alkyl carbamates (subject to hydrolysis) is 1. The summed E-state index contributed by atoms with van der Waals surface area (Å²) in [5.74, 6) is -6.09. The van der Waals surface area contributed by atoms with Gasteiger partial charge in [-0.2, -0.15) is 0 Å². The summed E-state index contributed by atoms with van der Waals surface area (Å²) in [7, 11) is 0. The number of amides is 1. The molecule has 8 rings (SSSR count). The first-order valence-corrected chi connectivity index (χ1v) is 20.9. The summed E-state index contributed by atoms with van der Waals surface area (Å²) in [6.45, 7) is 11.7. The zero-order valence-electron chi connectivity index (χ0n) is 36.2. The van der Waals surface area contributed by atoms with Gasteiger partial charge in [-0.05, 0) is 75.3 Å². The van der Waals surface area contributed by atoms with Crippen LogP contribution in [0.1, 0.15) is 90.2 Å². The average molecular weight is 874 g/mol. The van der Waals surface area contributed by atoms with Crippen LogP contribution in [0, 0.1) is 22.7 Å². The van der Waals surface area contributed by atoms with Crippen molar-refractivity contribution in [3.63, 3.8) is 0 Å². The molecule has 2 saturated heterocycles. The lowest BCUT2D eigenvalue weighted by molar-refractivity contribution is -0.323. The molecule has 5 fully saturated rings. The minimum Gasteiger partial charge on any atom is -0.454 e. The lowest BCUT2D eigenvalue weighted by Crippen LogP contribution is -2.80. The number of esters is 4. The quantitative estimate of drug-likeness (QED) is 0.199. The highest BCUT2D eigenvalue weighted by Gasteiger charge is 2.87. The van der Waals surface area contributed by atoms with E-state index in [1.807, 2.05) is 0 Å². The van der Waals surface area contributed by atoms with Crippen molar-refractivity contribution in [2.24, 2.45) is 22.7 Å². The molecular weight excluding hydrogens is 822 g/mol. The molecular formula is C46H51NO16. The lowest BCUT2D eigenvalue weighted by Gasteiger charge is -2.64. The molecule has 336 valence electrons. The zero-order chi connectivity index (χ0) is 45.6. The van der Waals surface area contributed by atoms with Crippen LogP contribution in [0.2, 0.25) is 0 Å². The standard InChI is InChI=1S/C46H51NO16/c1-22-29-33(57-23(2)48)35(51)44-20-27(44)19-28-45(21-56-28,61-24(3)49)34(44)37(59-38(52)26-17-13-10-14-18-26)46(43(29,7)8)36(60-41(55)63-46)32(22)58-39(53)31(50)30(25-15-11-9-12-16-25)47-40(54)62-42(4,5)6/h9-18,27-28,30-34,36-37,50H,19-21H2,1-8H3,(H,47,54)/t27-,28-,30+,31-,32-,33-,34+,36?,37+,44-,45+,46?/m1/s1. The van der Waals surface area contributed by atoms with Crippen molar-refractivity contribution in [2.45, 2.75) is 128 Å². The normalized spacial score (nSPS) is 34.1. The second-order valence-electron chi connectivity index (χ2n) is 18.8. The van der Waals surface area contributed by atoms with Crippen LogP contribution in [0.4, 0.5) is 9.59 Å². The predicted molar refractivity (Wildman–Crippen MR) is 214 cm³/mol. The number of carbonyl (C=O) groups is 7. The van der Waals surface area contributed by atoms with Crippen molar-refractivity contribution in [2.75, 3.05) is 6.61 Å². The highest BCUT2D eigenvalue weighted by Crippen LogP contribution is 2.75. The van der Waals surface area contributed by atoms with Gasteiger partial charge >= 0.3 is 36.1 Å². The van der Waals surface area contributed by atoms with Gasteiger partial charge in [-0.25, -0.2) is 19.2 Å².